The number of hydrogen-bond acceptors (Lipinski definition) is 5. The van der Waals surface area contributed by atoms with Gasteiger partial charge in [0.25, 0.3) is 0 Å². The predicted molar refractivity (Wildman–Crippen MR) is 117 cm³/mol. The van der Waals surface area contributed by atoms with E-state index >= 15 is 0 Å². The molecule has 188 valence electrons. The van der Waals surface area contributed by atoms with E-state index in [1.807, 2.05) is 19.9 Å². The number of nitriles is 1. The molecular weight excluding hydrogens is 439 g/mol. The maximum absolute atomic E-state index is 12.5. The van der Waals surface area contributed by atoms with Crippen molar-refractivity contribution >= 4 is 17.7 Å². The van der Waals surface area contributed by atoms with Crippen LogP contribution in [-0.4, -0.2) is 54.6 Å². The van der Waals surface area contributed by atoms with Crippen LogP contribution < -0.4 is 21.3 Å². The van der Waals surface area contributed by atoms with Crippen molar-refractivity contribution in [1.29, 1.82) is 5.26 Å². The maximum atomic E-state index is 12.5. The second-order valence-electron chi connectivity index (χ2n) is 9.50. The first kappa shape index (κ1) is 28.7. The van der Waals surface area contributed by atoms with Gasteiger partial charge in [-0.1, -0.05) is 34.6 Å². The minimum absolute atomic E-state index is 0.0625. The summed E-state index contributed by atoms with van der Waals surface area (Å²) in [4.78, 5) is 36.7. The van der Waals surface area contributed by atoms with Crippen molar-refractivity contribution in [1.82, 2.24) is 21.3 Å². The molecule has 3 unspecified atom stereocenters. The van der Waals surface area contributed by atoms with Crippen LogP contribution in [0.5, 0.6) is 0 Å². The van der Waals surface area contributed by atoms with Crippen molar-refractivity contribution in [2.24, 2.45) is 11.3 Å². The molecule has 2 rings (SSSR count). The summed E-state index contributed by atoms with van der Waals surface area (Å²) < 4.78 is 37.5. The van der Waals surface area contributed by atoms with Gasteiger partial charge < -0.3 is 16.0 Å². The molecule has 1 aliphatic heterocycles. The molecule has 2 aliphatic rings. The van der Waals surface area contributed by atoms with Gasteiger partial charge >= 0.3 is 6.18 Å². The minimum Gasteiger partial charge on any atom is -0.350 e. The van der Waals surface area contributed by atoms with E-state index in [9.17, 15) is 32.8 Å². The lowest BCUT2D eigenvalue weighted by molar-refractivity contribution is -0.136. The molecule has 8 nitrogen and oxygen atoms in total. The highest BCUT2D eigenvalue weighted by molar-refractivity contribution is 5.88. The van der Waals surface area contributed by atoms with Crippen molar-refractivity contribution in [2.45, 2.75) is 90.5 Å². The van der Waals surface area contributed by atoms with Crippen LogP contribution in [0.3, 0.4) is 0 Å². The highest BCUT2D eigenvalue weighted by Gasteiger charge is 2.48. The standard InChI is InChI=1S/C20H30F3N5O3.C2H6/c1-18(2,3)15(26-11-20(21,22)23)17(31)25-10-14(29)27-13(9-24)8-12-4-5-19(6-7-19)28-16(12)30;1-2/h12-13,15,26H,4-8,10-11H2,1-3H3,(H,25,31)(H,27,29)(H,28,30);1-2H3. The lowest BCUT2D eigenvalue weighted by atomic mass is 9.86. The summed E-state index contributed by atoms with van der Waals surface area (Å²) in [5, 5.41) is 19.3. The molecular formula is C22H36F3N5O3. The normalized spacial score (nSPS) is 20.9. The van der Waals surface area contributed by atoms with E-state index in [2.05, 4.69) is 21.3 Å². The van der Waals surface area contributed by atoms with Crippen molar-refractivity contribution in [3.05, 3.63) is 0 Å². The zero-order valence-corrected chi connectivity index (χ0v) is 20.0. The van der Waals surface area contributed by atoms with Gasteiger partial charge in [0.2, 0.25) is 17.7 Å². The SMILES string of the molecule is CC.CC(C)(C)C(NCC(F)(F)F)C(=O)NCC(=O)NC(C#N)CC1CCC2(CC2)NC1=O. The molecule has 1 spiro atoms. The van der Waals surface area contributed by atoms with Crippen molar-refractivity contribution in [3.8, 4) is 6.07 Å². The van der Waals surface area contributed by atoms with E-state index in [-0.39, 0.29) is 23.8 Å². The molecule has 0 bridgehead atoms. The van der Waals surface area contributed by atoms with Crippen LogP contribution in [0, 0.1) is 22.7 Å². The lowest BCUT2D eigenvalue weighted by Gasteiger charge is -2.31. The summed E-state index contributed by atoms with van der Waals surface area (Å²) in [7, 11) is 0. The molecule has 33 heavy (non-hydrogen) atoms. The van der Waals surface area contributed by atoms with Crippen LogP contribution in [0.25, 0.3) is 0 Å². The molecule has 11 heteroatoms. The van der Waals surface area contributed by atoms with Crippen LogP contribution in [-0.2, 0) is 14.4 Å². The molecule has 3 atom stereocenters. The number of carbonyl (C=O) groups excluding carboxylic acids is 3. The third kappa shape index (κ3) is 9.58. The fraction of sp³-hybridized carbons (Fsp3) is 0.818. The number of hydrogen-bond donors (Lipinski definition) is 4. The third-order valence-corrected chi connectivity index (χ3v) is 5.65. The first-order valence-electron chi connectivity index (χ1n) is 11.3. The van der Waals surface area contributed by atoms with E-state index in [1.165, 1.54) is 0 Å². The second kappa shape index (κ2) is 11.7. The Balaban J connectivity index is 0.00000265. The Kier molecular flexibility index (Phi) is 10.2. The monoisotopic (exact) mass is 475 g/mol. The van der Waals surface area contributed by atoms with E-state index in [4.69, 9.17) is 0 Å². The topological polar surface area (TPSA) is 123 Å². The van der Waals surface area contributed by atoms with Crippen LogP contribution in [0.2, 0.25) is 0 Å². The molecule has 1 heterocycles. The largest absolute Gasteiger partial charge is 0.401 e. The molecule has 0 aromatic rings. The van der Waals surface area contributed by atoms with Crippen molar-refractivity contribution in [2.75, 3.05) is 13.1 Å². The van der Waals surface area contributed by atoms with Gasteiger partial charge in [0.1, 0.15) is 6.04 Å². The number of nitrogens with zero attached hydrogens (tertiary/aromatic N) is 1. The summed E-state index contributed by atoms with van der Waals surface area (Å²) in [6, 6.07) is -0.132. The van der Waals surface area contributed by atoms with Crippen LogP contribution in [0.4, 0.5) is 13.2 Å². The highest BCUT2D eigenvalue weighted by Crippen LogP contribution is 2.43. The number of amides is 3. The zero-order chi connectivity index (χ0) is 25.4. The zero-order valence-electron chi connectivity index (χ0n) is 20.0. The average Bonchev–Trinajstić information content (AvgIpc) is 3.46. The summed E-state index contributed by atoms with van der Waals surface area (Å²) >= 11 is 0. The van der Waals surface area contributed by atoms with Crippen molar-refractivity contribution in [3.63, 3.8) is 0 Å². The van der Waals surface area contributed by atoms with Gasteiger partial charge in [-0.25, -0.2) is 0 Å². The predicted octanol–water partition coefficient (Wildman–Crippen LogP) is 2.15. The van der Waals surface area contributed by atoms with Gasteiger partial charge in [0.15, 0.2) is 0 Å². The molecule has 4 N–H and O–H groups in total. The summed E-state index contributed by atoms with van der Waals surface area (Å²) in [6.07, 6.45) is -0.880. The number of halogens is 3. The highest BCUT2D eigenvalue weighted by atomic mass is 19.4. The summed E-state index contributed by atoms with van der Waals surface area (Å²) in [5.41, 5.74) is -0.888. The molecule has 0 aromatic carbocycles. The van der Waals surface area contributed by atoms with Crippen LogP contribution in [0.15, 0.2) is 0 Å². The molecule has 0 aromatic heterocycles. The molecule has 1 saturated carbocycles. The molecule has 0 radical (unpaired) electrons. The number of alkyl halides is 3. The van der Waals surface area contributed by atoms with Crippen LogP contribution >= 0.6 is 0 Å². The fourth-order valence-electron chi connectivity index (χ4n) is 3.71. The average molecular weight is 476 g/mol. The molecule has 3 amide bonds. The third-order valence-electron chi connectivity index (χ3n) is 5.65. The quantitative estimate of drug-likeness (QED) is 0.428. The van der Waals surface area contributed by atoms with E-state index in [0.29, 0.717) is 6.42 Å². The molecule has 1 saturated heterocycles. The molecule has 2 fully saturated rings. The lowest BCUT2D eigenvalue weighted by Crippen LogP contribution is -2.55. The smallest absolute Gasteiger partial charge is 0.350 e. The van der Waals surface area contributed by atoms with Crippen LogP contribution in [0.1, 0.15) is 66.7 Å². The van der Waals surface area contributed by atoms with E-state index < -0.39 is 48.6 Å². The van der Waals surface area contributed by atoms with Gasteiger partial charge in [0.05, 0.1) is 25.2 Å². The Morgan fingerprint density at radius 3 is 2.27 bits per heavy atom. The number of carbonyl (C=O) groups is 3. The van der Waals surface area contributed by atoms with Crippen molar-refractivity contribution < 1.29 is 27.6 Å². The van der Waals surface area contributed by atoms with E-state index in [0.717, 1.165) is 19.3 Å². The summed E-state index contributed by atoms with van der Waals surface area (Å²) in [6.45, 7) is 6.99. The number of piperidine rings is 1. The Hall–Kier alpha value is -2.35. The molecule has 1 aliphatic carbocycles. The van der Waals surface area contributed by atoms with E-state index in [1.54, 1.807) is 20.8 Å². The number of rotatable bonds is 8. The second-order valence-corrected chi connectivity index (χ2v) is 9.50. The first-order valence-corrected chi connectivity index (χ1v) is 11.3. The maximum Gasteiger partial charge on any atom is 0.401 e. The first-order chi connectivity index (χ1) is 15.2. The Labute approximate surface area is 193 Å². The minimum atomic E-state index is -4.48. The Morgan fingerprint density at radius 2 is 1.82 bits per heavy atom. The number of nitrogens with one attached hydrogen (secondary N) is 4. The summed E-state index contributed by atoms with van der Waals surface area (Å²) in [5.74, 6) is -1.89. The van der Waals surface area contributed by atoms with Gasteiger partial charge in [0, 0.05) is 11.5 Å². The van der Waals surface area contributed by atoms with Gasteiger partial charge in [-0.15, -0.1) is 0 Å². The Bertz CT molecular complexity index is 739. The van der Waals surface area contributed by atoms with Gasteiger partial charge in [-0.2, -0.15) is 18.4 Å². The van der Waals surface area contributed by atoms with Gasteiger partial charge in [-0.3, -0.25) is 19.7 Å². The van der Waals surface area contributed by atoms with Gasteiger partial charge in [-0.05, 0) is 37.5 Å². The Morgan fingerprint density at radius 1 is 1.21 bits per heavy atom. The fourth-order valence-corrected chi connectivity index (χ4v) is 3.71.